The van der Waals surface area contributed by atoms with Crippen molar-refractivity contribution in [2.45, 2.75) is 45.5 Å². The van der Waals surface area contributed by atoms with Gasteiger partial charge in [-0.1, -0.05) is 78.5 Å². The van der Waals surface area contributed by atoms with E-state index in [0.717, 1.165) is 10.9 Å². The van der Waals surface area contributed by atoms with Crippen molar-refractivity contribution in [3.05, 3.63) is 106 Å². The second-order valence-corrected chi connectivity index (χ2v) is 8.81. The lowest BCUT2D eigenvalue weighted by Gasteiger charge is -2.19. The van der Waals surface area contributed by atoms with Crippen LogP contribution in [0.2, 0.25) is 0 Å². The lowest BCUT2D eigenvalue weighted by molar-refractivity contribution is 0.573. The van der Waals surface area contributed by atoms with Crippen LogP contribution in [-0.2, 0) is 5.75 Å². The van der Waals surface area contributed by atoms with Gasteiger partial charge in [0.25, 0.3) is 0 Å². The van der Waals surface area contributed by atoms with E-state index >= 15 is 0 Å². The van der Waals surface area contributed by atoms with Crippen molar-refractivity contribution < 1.29 is 0 Å². The number of thioether (sulfide) groups is 1. The molecule has 3 heteroatoms. The molecule has 3 aromatic carbocycles. The zero-order valence-corrected chi connectivity index (χ0v) is 18.4. The fourth-order valence-corrected chi connectivity index (χ4v) is 5.14. The molecule has 0 aliphatic carbocycles. The summed E-state index contributed by atoms with van der Waals surface area (Å²) in [5.74, 6) is 0.940. The molecule has 0 bridgehead atoms. The zero-order valence-electron chi connectivity index (χ0n) is 17.6. The maximum atomic E-state index is 5.10. The molecule has 0 radical (unpaired) electrons. The Hall–Kier alpha value is -2.52. The summed E-state index contributed by atoms with van der Waals surface area (Å²) < 4.78 is 0. The Morgan fingerprint density at radius 1 is 0.793 bits per heavy atom. The third-order valence-corrected chi connectivity index (χ3v) is 6.96. The monoisotopic (exact) mass is 400 g/mol. The Bertz CT molecular complexity index is 999. The van der Waals surface area contributed by atoms with Gasteiger partial charge in [0.15, 0.2) is 5.17 Å². The molecule has 0 amide bonds. The third kappa shape index (κ3) is 4.11. The molecular weight excluding hydrogens is 372 g/mol. The minimum atomic E-state index is 0.0996. The van der Waals surface area contributed by atoms with Crippen LogP contribution in [-0.4, -0.2) is 5.17 Å². The predicted molar refractivity (Wildman–Crippen MR) is 126 cm³/mol. The summed E-state index contributed by atoms with van der Waals surface area (Å²) in [4.78, 5) is 5.10. The standard InChI is InChI=1S/C26H28N2S/c1-17-15-18(2)20(4)23(19(17)3)16-29-26-27-24(21-11-7-5-8-12-21)25(28-26)22-13-9-6-10-14-22/h5-15,24-25H,16H2,1-4H3,(H,27,28). The van der Waals surface area contributed by atoms with Gasteiger partial charge in [0, 0.05) is 5.75 Å². The fourth-order valence-electron chi connectivity index (χ4n) is 4.03. The first-order valence-corrected chi connectivity index (χ1v) is 11.2. The summed E-state index contributed by atoms with van der Waals surface area (Å²) in [6.45, 7) is 8.89. The largest absolute Gasteiger partial charge is 0.356 e. The number of aliphatic imine (C=N–C) groups is 1. The number of benzene rings is 3. The van der Waals surface area contributed by atoms with Crippen LogP contribution >= 0.6 is 11.8 Å². The van der Waals surface area contributed by atoms with Crippen LogP contribution in [0.1, 0.15) is 51.0 Å². The average Bonchev–Trinajstić information content (AvgIpc) is 3.18. The van der Waals surface area contributed by atoms with Crippen LogP contribution in [0, 0.1) is 27.7 Å². The van der Waals surface area contributed by atoms with E-state index in [1.165, 1.54) is 38.9 Å². The topological polar surface area (TPSA) is 24.4 Å². The van der Waals surface area contributed by atoms with E-state index in [1.807, 2.05) is 11.8 Å². The highest BCUT2D eigenvalue weighted by Crippen LogP contribution is 2.38. The Morgan fingerprint density at radius 2 is 1.34 bits per heavy atom. The van der Waals surface area contributed by atoms with Crippen molar-refractivity contribution in [1.29, 1.82) is 0 Å². The summed E-state index contributed by atoms with van der Waals surface area (Å²) in [5, 5.41) is 4.74. The van der Waals surface area contributed by atoms with Gasteiger partial charge in [0.05, 0.1) is 6.04 Å². The maximum Gasteiger partial charge on any atom is 0.158 e. The molecule has 0 saturated carbocycles. The van der Waals surface area contributed by atoms with Gasteiger partial charge in [-0.15, -0.1) is 0 Å². The molecule has 2 unspecified atom stereocenters. The van der Waals surface area contributed by atoms with Crippen LogP contribution in [0.5, 0.6) is 0 Å². The van der Waals surface area contributed by atoms with Crippen molar-refractivity contribution in [2.24, 2.45) is 4.99 Å². The Morgan fingerprint density at radius 3 is 1.93 bits per heavy atom. The van der Waals surface area contributed by atoms with Crippen LogP contribution in [0.15, 0.2) is 71.7 Å². The van der Waals surface area contributed by atoms with E-state index in [-0.39, 0.29) is 12.1 Å². The van der Waals surface area contributed by atoms with Gasteiger partial charge < -0.3 is 5.32 Å². The van der Waals surface area contributed by atoms with Crippen molar-refractivity contribution in [2.75, 3.05) is 0 Å². The lowest BCUT2D eigenvalue weighted by atomic mass is 9.95. The highest BCUT2D eigenvalue weighted by atomic mass is 32.2. The van der Waals surface area contributed by atoms with Crippen LogP contribution in [0.4, 0.5) is 0 Å². The van der Waals surface area contributed by atoms with E-state index < -0.39 is 0 Å². The van der Waals surface area contributed by atoms with Crippen LogP contribution in [0.25, 0.3) is 0 Å². The number of nitrogens with zero attached hydrogens (tertiary/aromatic N) is 1. The van der Waals surface area contributed by atoms with Gasteiger partial charge >= 0.3 is 0 Å². The SMILES string of the molecule is Cc1cc(C)c(C)c(CSC2=NC(c3ccccc3)C(c3ccccc3)N2)c1C. The molecular formula is C26H28N2S. The number of hydrogen-bond acceptors (Lipinski definition) is 3. The molecule has 1 aliphatic heterocycles. The second-order valence-electron chi connectivity index (χ2n) is 7.85. The maximum absolute atomic E-state index is 5.10. The second kappa shape index (κ2) is 8.46. The van der Waals surface area contributed by atoms with Crippen LogP contribution < -0.4 is 5.32 Å². The van der Waals surface area contributed by atoms with Gasteiger partial charge in [0.1, 0.15) is 6.04 Å². The molecule has 148 valence electrons. The van der Waals surface area contributed by atoms with E-state index in [9.17, 15) is 0 Å². The molecule has 4 rings (SSSR count). The average molecular weight is 401 g/mol. The van der Waals surface area contributed by atoms with Crippen molar-refractivity contribution >= 4 is 16.9 Å². The normalized spacial score (nSPS) is 18.4. The Balaban J connectivity index is 1.60. The lowest BCUT2D eigenvalue weighted by Crippen LogP contribution is -2.22. The first-order chi connectivity index (χ1) is 14.0. The molecule has 0 spiro atoms. The molecule has 2 nitrogen and oxygen atoms in total. The van der Waals surface area contributed by atoms with E-state index in [1.54, 1.807) is 0 Å². The highest BCUT2D eigenvalue weighted by Gasteiger charge is 2.31. The smallest absolute Gasteiger partial charge is 0.158 e. The number of amidine groups is 1. The number of aryl methyl sites for hydroxylation is 2. The van der Waals surface area contributed by atoms with Gasteiger partial charge in [0.2, 0.25) is 0 Å². The van der Waals surface area contributed by atoms with Crippen molar-refractivity contribution in [3.63, 3.8) is 0 Å². The Kier molecular flexibility index (Phi) is 5.77. The highest BCUT2D eigenvalue weighted by molar-refractivity contribution is 8.13. The molecule has 1 heterocycles. The van der Waals surface area contributed by atoms with Gasteiger partial charge in [-0.3, -0.25) is 4.99 Å². The van der Waals surface area contributed by atoms with E-state index in [0.29, 0.717) is 0 Å². The molecule has 0 aromatic heterocycles. The first-order valence-electron chi connectivity index (χ1n) is 10.2. The summed E-state index contributed by atoms with van der Waals surface area (Å²) >= 11 is 1.82. The number of rotatable bonds is 4. The first kappa shape index (κ1) is 19.8. The van der Waals surface area contributed by atoms with Crippen molar-refractivity contribution in [1.82, 2.24) is 5.32 Å². The summed E-state index contributed by atoms with van der Waals surface area (Å²) in [7, 11) is 0. The van der Waals surface area contributed by atoms with E-state index in [2.05, 4.69) is 99.7 Å². The molecule has 1 N–H and O–H groups in total. The summed E-state index contributed by atoms with van der Waals surface area (Å²) in [6, 6.07) is 23.8. The third-order valence-electron chi connectivity index (χ3n) is 6.03. The quantitative estimate of drug-likeness (QED) is 0.534. The van der Waals surface area contributed by atoms with Gasteiger partial charge in [-0.05, 0) is 66.6 Å². The zero-order chi connectivity index (χ0) is 20.4. The molecule has 2 atom stereocenters. The van der Waals surface area contributed by atoms with Gasteiger partial charge in [-0.25, -0.2) is 0 Å². The fraction of sp³-hybridized carbons (Fsp3) is 0.269. The number of hydrogen-bond donors (Lipinski definition) is 1. The van der Waals surface area contributed by atoms with Crippen LogP contribution in [0.3, 0.4) is 0 Å². The van der Waals surface area contributed by atoms with Gasteiger partial charge in [-0.2, -0.15) is 0 Å². The molecule has 0 saturated heterocycles. The molecule has 0 fully saturated rings. The van der Waals surface area contributed by atoms with E-state index in [4.69, 9.17) is 4.99 Å². The molecule has 29 heavy (non-hydrogen) atoms. The molecule has 1 aliphatic rings. The molecule has 3 aromatic rings. The minimum absolute atomic E-state index is 0.0996. The number of nitrogens with one attached hydrogen (secondary N) is 1. The Labute approximate surface area is 178 Å². The van der Waals surface area contributed by atoms with Crippen molar-refractivity contribution in [3.8, 4) is 0 Å². The predicted octanol–water partition coefficient (Wildman–Crippen LogP) is 6.60. The summed E-state index contributed by atoms with van der Waals surface area (Å²) in [6.07, 6.45) is 0. The minimum Gasteiger partial charge on any atom is -0.356 e. The summed E-state index contributed by atoms with van der Waals surface area (Å²) in [5.41, 5.74) is 9.51.